The zero-order valence-electron chi connectivity index (χ0n) is 14.8. The Morgan fingerprint density at radius 3 is 2.30 bits per heavy atom. The molecule has 1 aliphatic rings. The maximum atomic E-state index is 10.9. The van der Waals surface area contributed by atoms with Gasteiger partial charge in [-0.25, -0.2) is 13.1 Å². The summed E-state index contributed by atoms with van der Waals surface area (Å²) in [6.45, 7) is 7.94. The van der Waals surface area contributed by atoms with Crippen LogP contribution in [-0.2, 0) is 10.0 Å². The second-order valence-electron chi connectivity index (χ2n) is 6.32. The molecule has 1 aliphatic heterocycles. The second-order valence-corrected chi connectivity index (χ2v) is 8.16. The summed E-state index contributed by atoms with van der Waals surface area (Å²) < 4.78 is 24.3. The van der Waals surface area contributed by atoms with Crippen LogP contribution >= 0.6 is 0 Å². The molecule has 8 heteroatoms. The highest BCUT2D eigenvalue weighted by Crippen LogP contribution is 2.15. The van der Waals surface area contributed by atoms with Crippen LogP contribution in [-0.4, -0.2) is 71.8 Å². The standard InChI is InChI=1S/C15H33N5O2S/c1-14-6-12-20(13-7-14)11-5-9-18-15(16-2)17-8-4-10-19-23(3,21)22/h14,19H,4-13H2,1-3H3,(H2,16,17,18). The van der Waals surface area contributed by atoms with E-state index in [0.717, 1.165) is 37.8 Å². The van der Waals surface area contributed by atoms with E-state index in [1.54, 1.807) is 7.05 Å². The Hall–Kier alpha value is -0.860. The summed E-state index contributed by atoms with van der Waals surface area (Å²) in [5, 5.41) is 6.49. The molecule has 0 atom stereocenters. The van der Waals surface area contributed by atoms with E-state index in [4.69, 9.17) is 0 Å². The van der Waals surface area contributed by atoms with Crippen LogP contribution in [0.1, 0.15) is 32.6 Å². The molecule has 3 N–H and O–H groups in total. The molecule has 1 heterocycles. The molecule has 1 fully saturated rings. The molecular weight excluding hydrogens is 314 g/mol. The Balaban J connectivity index is 2.03. The van der Waals surface area contributed by atoms with E-state index in [1.165, 1.54) is 32.2 Å². The van der Waals surface area contributed by atoms with Crippen LogP contribution in [0.25, 0.3) is 0 Å². The quantitative estimate of drug-likeness (QED) is 0.315. The van der Waals surface area contributed by atoms with Gasteiger partial charge in [-0.2, -0.15) is 0 Å². The van der Waals surface area contributed by atoms with Crippen molar-refractivity contribution in [2.45, 2.75) is 32.6 Å². The minimum Gasteiger partial charge on any atom is -0.356 e. The lowest BCUT2D eigenvalue weighted by molar-refractivity contribution is 0.191. The molecule has 0 saturated carbocycles. The number of aliphatic imine (C=N–C) groups is 1. The number of hydrogen-bond acceptors (Lipinski definition) is 4. The van der Waals surface area contributed by atoms with E-state index >= 15 is 0 Å². The van der Waals surface area contributed by atoms with Crippen LogP contribution in [0.3, 0.4) is 0 Å². The van der Waals surface area contributed by atoms with Crippen LogP contribution in [0, 0.1) is 5.92 Å². The fraction of sp³-hybridized carbons (Fsp3) is 0.933. The van der Waals surface area contributed by atoms with Crippen molar-refractivity contribution >= 4 is 16.0 Å². The summed E-state index contributed by atoms with van der Waals surface area (Å²) in [6.07, 6.45) is 5.63. The summed E-state index contributed by atoms with van der Waals surface area (Å²) >= 11 is 0. The number of likely N-dealkylation sites (tertiary alicyclic amines) is 1. The fourth-order valence-electron chi connectivity index (χ4n) is 2.57. The molecule has 136 valence electrons. The predicted octanol–water partition coefficient (Wildman–Crippen LogP) is 0.213. The van der Waals surface area contributed by atoms with Gasteiger partial charge in [0, 0.05) is 26.7 Å². The largest absolute Gasteiger partial charge is 0.356 e. The minimum absolute atomic E-state index is 0.441. The van der Waals surface area contributed by atoms with E-state index in [0.29, 0.717) is 13.1 Å². The lowest BCUT2D eigenvalue weighted by Gasteiger charge is -2.30. The number of hydrogen-bond donors (Lipinski definition) is 3. The summed E-state index contributed by atoms with van der Waals surface area (Å²) in [5.41, 5.74) is 0. The third-order valence-corrected chi connectivity index (χ3v) is 4.78. The first kappa shape index (κ1) is 20.2. The SMILES string of the molecule is CN=C(NCCCNS(C)(=O)=O)NCCCN1CCC(C)CC1. The lowest BCUT2D eigenvalue weighted by Crippen LogP contribution is -2.40. The van der Waals surface area contributed by atoms with Gasteiger partial charge >= 0.3 is 0 Å². The van der Waals surface area contributed by atoms with Crippen LogP contribution in [0.5, 0.6) is 0 Å². The van der Waals surface area contributed by atoms with Crippen LogP contribution in [0.2, 0.25) is 0 Å². The van der Waals surface area contributed by atoms with Crippen LogP contribution in [0.15, 0.2) is 4.99 Å². The molecule has 0 bridgehead atoms. The van der Waals surface area contributed by atoms with Crippen LogP contribution in [0.4, 0.5) is 0 Å². The second kappa shape index (κ2) is 10.8. The maximum absolute atomic E-state index is 10.9. The number of nitrogens with one attached hydrogen (secondary N) is 3. The summed E-state index contributed by atoms with van der Waals surface area (Å²) in [7, 11) is -1.34. The Labute approximate surface area is 141 Å². The smallest absolute Gasteiger partial charge is 0.208 e. The third kappa shape index (κ3) is 10.5. The Kier molecular flexibility index (Phi) is 9.50. The Morgan fingerprint density at radius 2 is 1.74 bits per heavy atom. The monoisotopic (exact) mass is 347 g/mol. The molecule has 1 rings (SSSR count). The first-order chi connectivity index (χ1) is 10.9. The van der Waals surface area contributed by atoms with Crippen molar-refractivity contribution < 1.29 is 8.42 Å². The Bertz CT molecular complexity index is 445. The number of sulfonamides is 1. The molecule has 1 saturated heterocycles. The summed E-state index contributed by atoms with van der Waals surface area (Å²) in [4.78, 5) is 6.71. The highest BCUT2D eigenvalue weighted by Gasteiger charge is 2.14. The van der Waals surface area contributed by atoms with Gasteiger partial charge in [-0.15, -0.1) is 0 Å². The highest BCUT2D eigenvalue weighted by molar-refractivity contribution is 7.88. The molecule has 0 amide bonds. The average molecular weight is 348 g/mol. The molecular formula is C15H33N5O2S. The first-order valence-corrected chi connectivity index (χ1v) is 10.4. The number of guanidine groups is 1. The van der Waals surface area contributed by atoms with Gasteiger partial charge in [-0.1, -0.05) is 6.92 Å². The summed E-state index contributed by atoms with van der Waals surface area (Å²) in [5.74, 6) is 1.65. The van der Waals surface area contributed by atoms with Crippen molar-refractivity contribution in [2.24, 2.45) is 10.9 Å². The van der Waals surface area contributed by atoms with Crippen molar-refractivity contribution in [3.05, 3.63) is 0 Å². The number of piperidine rings is 1. The van der Waals surface area contributed by atoms with Gasteiger partial charge in [-0.05, 0) is 51.2 Å². The van der Waals surface area contributed by atoms with Crippen LogP contribution < -0.4 is 15.4 Å². The summed E-state index contributed by atoms with van der Waals surface area (Å²) in [6, 6.07) is 0. The van der Waals surface area contributed by atoms with E-state index in [9.17, 15) is 8.42 Å². The fourth-order valence-corrected chi connectivity index (χ4v) is 3.08. The molecule has 0 unspecified atom stereocenters. The van der Waals surface area contributed by atoms with Gasteiger partial charge in [0.15, 0.2) is 5.96 Å². The molecule has 0 radical (unpaired) electrons. The zero-order chi connectivity index (χ0) is 17.1. The van der Waals surface area contributed by atoms with Crippen molar-refractivity contribution in [2.75, 3.05) is 52.6 Å². The van der Waals surface area contributed by atoms with Gasteiger partial charge in [0.25, 0.3) is 0 Å². The number of nitrogens with zero attached hydrogens (tertiary/aromatic N) is 2. The van der Waals surface area contributed by atoms with Gasteiger partial charge in [0.1, 0.15) is 0 Å². The van der Waals surface area contributed by atoms with E-state index < -0.39 is 10.0 Å². The lowest BCUT2D eigenvalue weighted by atomic mass is 9.99. The Morgan fingerprint density at radius 1 is 1.13 bits per heavy atom. The normalized spacial score (nSPS) is 18.1. The van der Waals surface area contributed by atoms with Crippen molar-refractivity contribution in [1.29, 1.82) is 0 Å². The highest BCUT2D eigenvalue weighted by atomic mass is 32.2. The van der Waals surface area contributed by atoms with E-state index in [-0.39, 0.29) is 0 Å². The predicted molar refractivity (Wildman–Crippen MR) is 96.3 cm³/mol. The molecule has 0 aromatic heterocycles. The minimum atomic E-state index is -3.09. The topological polar surface area (TPSA) is 85.8 Å². The maximum Gasteiger partial charge on any atom is 0.208 e. The van der Waals surface area contributed by atoms with Crippen molar-refractivity contribution in [3.8, 4) is 0 Å². The molecule has 0 aromatic carbocycles. The molecule has 0 spiro atoms. The van der Waals surface area contributed by atoms with Gasteiger partial charge < -0.3 is 15.5 Å². The van der Waals surface area contributed by atoms with Crippen molar-refractivity contribution in [3.63, 3.8) is 0 Å². The molecule has 0 aliphatic carbocycles. The first-order valence-electron chi connectivity index (χ1n) is 8.52. The van der Waals surface area contributed by atoms with E-state index in [1.807, 2.05) is 0 Å². The van der Waals surface area contributed by atoms with Gasteiger partial charge in [0.2, 0.25) is 10.0 Å². The van der Waals surface area contributed by atoms with Gasteiger partial charge in [-0.3, -0.25) is 4.99 Å². The zero-order valence-corrected chi connectivity index (χ0v) is 15.6. The average Bonchev–Trinajstić information content (AvgIpc) is 2.49. The van der Waals surface area contributed by atoms with E-state index in [2.05, 4.69) is 32.2 Å². The molecule has 23 heavy (non-hydrogen) atoms. The van der Waals surface area contributed by atoms with Gasteiger partial charge in [0.05, 0.1) is 6.26 Å². The van der Waals surface area contributed by atoms with Crippen molar-refractivity contribution in [1.82, 2.24) is 20.3 Å². The number of rotatable bonds is 9. The third-order valence-electron chi connectivity index (χ3n) is 4.05. The molecule has 0 aromatic rings. The molecule has 7 nitrogen and oxygen atoms in total.